The fourth-order valence-corrected chi connectivity index (χ4v) is 4.79. The fraction of sp³-hybridized carbons (Fsp3) is 0.259. The average Bonchev–Trinajstić information content (AvgIpc) is 3.58. The highest BCUT2D eigenvalue weighted by Crippen LogP contribution is 2.34. The molecule has 1 aliphatic rings. The summed E-state index contributed by atoms with van der Waals surface area (Å²) in [5.41, 5.74) is 5.74. The second-order valence-corrected chi connectivity index (χ2v) is 8.89. The number of anilines is 1. The van der Waals surface area contributed by atoms with Crippen molar-refractivity contribution in [2.75, 3.05) is 12.4 Å². The predicted octanol–water partition coefficient (Wildman–Crippen LogP) is 4.72. The summed E-state index contributed by atoms with van der Waals surface area (Å²) in [4.78, 5) is 17.7. The molecule has 0 radical (unpaired) electrons. The van der Waals surface area contributed by atoms with Gasteiger partial charge in [-0.3, -0.25) is 15.0 Å². The van der Waals surface area contributed by atoms with Gasteiger partial charge in [-0.1, -0.05) is 48.5 Å². The number of aromatic nitrogens is 4. The first-order chi connectivity index (χ1) is 17.0. The van der Waals surface area contributed by atoms with Crippen LogP contribution in [-0.4, -0.2) is 44.4 Å². The Morgan fingerprint density at radius 1 is 1.06 bits per heavy atom. The highest BCUT2D eigenvalue weighted by molar-refractivity contribution is 5.93. The predicted molar refractivity (Wildman–Crippen MR) is 138 cm³/mol. The Kier molecular flexibility index (Phi) is 6.18. The van der Waals surface area contributed by atoms with E-state index in [1.165, 1.54) is 5.56 Å². The number of nitrogens with one attached hydrogen (secondary N) is 2. The van der Waals surface area contributed by atoms with Crippen molar-refractivity contribution in [2.24, 2.45) is 12.0 Å². The minimum atomic E-state index is -0.258. The summed E-state index contributed by atoms with van der Waals surface area (Å²) in [7, 11) is 3.69. The van der Waals surface area contributed by atoms with Crippen LogP contribution in [0, 0.1) is 6.92 Å². The molecule has 0 saturated heterocycles. The molecule has 0 spiro atoms. The number of urea groups is 1. The van der Waals surface area contributed by atoms with Crippen LogP contribution in [0.4, 0.5) is 10.6 Å². The van der Waals surface area contributed by atoms with Crippen molar-refractivity contribution in [1.82, 2.24) is 24.9 Å². The van der Waals surface area contributed by atoms with Crippen LogP contribution in [0.25, 0.3) is 16.9 Å². The average molecular weight is 468 g/mol. The molecule has 2 amide bonds. The maximum atomic E-state index is 13.3. The number of benzene rings is 2. The zero-order chi connectivity index (χ0) is 24.4. The van der Waals surface area contributed by atoms with Gasteiger partial charge in [0.05, 0.1) is 11.9 Å². The first kappa shape index (κ1) is 22.6. The summed E-state index contributed by atoms with van der Waals surface area (Å²) in [6, 6.07) is 19.8. The Hall–Kier alpha value is -4.20. The second-order valence-electron chi connectivity index (χ2n) is 8.89. The maximum absolute atomic E-state index is 13.3. The normalized spacial score (nSPS) is 18.7. The summed E-state index contributed by atoms with van der Waals surface area (Å²) < 4.78 is 3.52. The molecule has 35 heavy (non-hydrogen) atoms. The molecule has 0 aliphatic heterocycles. The number of hydrogen-bond donors (Lipinski definition) is 2. The number of carbonyl (C=O) groups is 1. The lowest BCUT2D eigenvalue weighted by atomic mass is 9.94. The molecule has 2 N–H and O–H groups in total. The largest absolute Gasteiger partial charge is 0.334 e. The molecule has 2 aromatic carbocycles. The summed E-state index contributed by atoms with van der Waals surface area (Å²) in [6.45, 7) is 1.97. The van der Waals surface area contributed by atoms with Crippen molar-refractivity contribution in [2.45, 2.75) is 31.7 Å². The maximum Gasteiger partial charge on any atom is 0.320 e. The molecule has 1 fully saturated rings. The van der Waals surface area contributed by atoms with Crippen LogP contribution in [0.2, 0.25) is 0 Å². The van der Waals surface area contributed by atoms with E-state index in [2.05, 4.69) is 32.9 Å². The van der Waals surface area contributed by atoms with Crippen LogP contribution in [0.1, 0.15) is 29.9 Å². The van der Waals surface area contributed by atoms with Crippen LogP contribution >= 0.6 is 0 Å². The summed E-state index contributed by atoms with van der Waals surface area (Å²) >= 11 is 0. The van der Waals surface area contributed by atoms with Crippen molar-refractivity contribution in [3.8, 4) is 16.9 Å². The molecule has 4 aromatic rings. The molecule has 5 rings (SSSR count). The van der Waals surface area contributed by atoms with Gasteiger partial charge in [0.1, 0.15) is 11.5 Å². The van der Waals surface area contributed by atoms with Gasteiger partial charge in [0.25, 0.3) is 0 Å². The Bertz CT molecular complexity index is 1350. The third-order valence-corrected chi connectivity index (χ3v) is 6.59. The summed E-state index contributed by atoms with van der Waals surface area (Å²) in [5, 5.41) is 15.4. The van der Waals surface area contributed by atoms with E-state index in [0.29, 0.717) is 5.82 Å². The van der Waals surface area contributed by atoms with Crippen LogP contribution in [0.15, 0.2) is 78.0 Å². The third-order valence-electron chi connectivity index (χ3n) is 6.59. The monoisotopic (exact) mass is 467 g/mol. The first-order valence-electron chi connectivity index (χ1n) is 11.7. The van der Waals surface area contributed by atoms with Crippen LogP contribution in [0.3, 0.4) is 0 Å². The van der Waals surface area contributed by atoms with Gasteiger partial charge in [0, 0.05) is 55.5 Å². The zero-order valence-corrected chi connectivity index (χ0v) is 20.1. The van der Waals surface area contributed by atoms with Gasteiger partial charge in [-0.25, -0.2) is 9.48 Å². The van der Waals surface area contributed by atoms with E-state index in [1.807, 2.05) is 75.7 Å². The molecule has 8 nitrogen and oxygen atoms in total. The minimum absolute atomic E-state index is 0.0395. The molecule has 2 atom stereocenters. The Labute approximate surface area is 204 Å². The Morgan fingerprint density at radius 2 is 1.77 bits per heavy atom. The summed E-state index contributed by atoms with van der Waals surface area (Å²) in [5.74, 6) is 0.818. The Morgan fingerprint density at radius 3 is 2.43 bits per heavy atom. The van der Waals surface area contributed by atoms with Crippen molar-refractivity contribution < 1.29 is 4.79 Å². The van der Waals surface area contributed by atoms with Crippen molar-refractivity contribution >= 4 is 17.6 Å². The SMILES string of the molecule is CN=C1C[C@@H](NC(=O)Nc2c(C)c(-c3cnn(C)c3)nn2-c2ccccc2)[C@H](c2ccccc2)C1. The lowest BCUT2D eigenvalue weighted by molar-refractivity contribution is 0.247. The van der Waals surface area contributed by atoms with E-state index < -0.39 is 0 Å². The minimum Gasteiger partial charge on any atom is -0.334 e. The van der Waals surface area contributed by atoms with E-state index >= 15 is 0 Å². The van der Waals surface area contributed by atoms with Gasteiger partial charge in [-0.15, -0.1) is 0 Å². The van der Waals surface area contributed by atoms with Crippen molar-refractivity contribution in [3.05, 3.63) is 84.2 Å². The van der Waals surface area contributed by atoms with Crippen LogP contribution < -0.4 is 10.6 Å². The number of rotatable bonds is 5. The van der Waals surface area contributed by atoms with E-state index in [-0.39, 0.29) is 18.0 Å². The van der Waals surface area contributed by atoms with Gasteiger partial charge >= 0.3 is 6.03 Å². The van der Waals surface area contributed by atoms with Crippen molar-refractivity contribution in [1.29, 1.82) is 0 Å². The number of amides is 2. The molecule has 1 aliphatic carbocycles. The van der Waals surface area contributed by atoms with E-state index in [4.69, 9.17) is 5.10 Å². The quantitative estimate of drug-likeness (QED) is 0.445. The topological polar surface area (TPSA) is 89.1 Å². The number of nitrogens with zero attached hydrogens (tertiary/aromatic N) is 5. The van der Waals surface area contributed by atoms with E-state index in [1.54, 1.807) is 15.6 Å². The molecule has 2 heterocycles. The smallest absolute Gasteiger partial charge is 0.320 e. The number of para-hydroxylation sites is 1. The van der Waals surface area contributed by atoms with Gasteiger partial charge in [-0.2, -0.15) is 10.2 Å². The van der Waals surface area contributed by atoms with Crippen molar-refractivity contribution in [3.63, 3.8) is 0 Å². The molecule has 2 aromatic heterocycles. The van der Waals surface area contributed by atoms with E-state index in [0.717, 1.165) is 41.1 Å². The highest BCUT2D eigenvalue weighted by atomic mass is 16.2. The Balaban J connectivity index is 1.44. The lowest BCUT2D eigenvalue weighted by Crippen LogP contribution is -2.40. The number of aryl methyl sites for hydroxylation is 1. The zero-order valence-electron chi connectivity index (χ0n) is 20.1. The molecule has 0 unspecified atom stereocenters. The molecular weight excluding hydrogens is 438 g/mol. The fourth-order valence-electron chi connectivity index (χ4n) is 4.79. The molecule has 1 saturated carbocycles. The standard InChI is InChI=1S/C27H29N7O/c1-18-25(20-16-29-33(3)17-20)32-34(22-12-8-5-9-13-22)26(18)31-27(35)30-24-15-21(28-2)14-23(24)19-10-6-4-7-11-19/h4-13,16-17,23-24H,14-15H2,1-3H3,(H2,30,31,35)/t23-,24+/m0/s1. The van der Waals surface area contributed by atoms with Gasteiger partial charge in [0.2, 0.25) is 0 Å². The lowest BCUT2D eigenvalue weighted by Gasteiger charge is -2.21. The van der Waals surface area contributed by atoms with E-state index in [9.17, 15) is 4.79 Å². The first-order valence-corrected chi connectivity index (χ1v) is 11.7. The number of carbonyl (C=O) groups excluding carboxylic acids is 1. The van der Waals surface area contributed by atoms with Gasteiger partial charge in [-0.05, 0) is 31.0 Å². The molecule has 0 bridgehead atoms. The number of aliphatic imine (C=N–C) groups is 1. The molecular formula is C27H29N7O. The molecule has 178 valence electrons. The third kappa shape index (κ3) is 4.59. The van der Waals surface area contributed by atoms with Gasteiger partial charge < -0.3 is 5.32 Å². The number of hydrogen-bond acceptors (Lipinski definition) is 4. The molecule has 8 heteroatoms. The highest BCUT2D eigenvalue weighted by Gasteiger charge is 2.34. The summed E-state index contributed by atoms with van der Waals surface area (Å²) in [6.07, 6.45) is 5.28. The second kappa shape index (κ2) is 9.58. The van der Waals surface area contributed by atoms with Gasteiger partial charge in [0.15, 0.2) is 0 Å². The van der Waals surface area contributed by atoms with Crippen LogP contribution in [-0.2, 0) is 7.05 Å². The van der Waals surface area contributed by atoms with Crippen LogP contribution in [0.5, 0.6) is 0 Å².